The van der Waals surface area contributed by atoms with E-state index in [4.69, 9.17) is 0 Å². The van der Waals surface area contributed by atoms with Crippen molar-refractivity contribution < 1.29 is 5.11 Å². The molecule has 2 N–H and O–H groups in total. The Morgan fingerprint density at radius 2 is 1.88 bits per heavy atom. The molecule has 5 heteroatoms. The molecule has 0 aliphatic rings. The first-order valence-electron chi connectivity index (χ1n) is 7.78. The Morgan fingerprint density at radius 3 is 2.64 bits per heavy atom. The lowest BCUT2D eigenvalue weighted by Gasteiger charge is -2.07. The molecule has 25 heavy (non-hydrogen) atoms. The highest BCUT2D eigenvalue weighted by Gasteiger charge is 2.09. The predicted octanol–water partition coefficient (Wildman–Crippen LogP) is 4.12. The molecule has 0 spiro atoms. The Bertz CT molecular complexity index is 1080. The molecule has 5 nitrogen and oxygen atoms in total. The van der Waals surface area contributed by atoms with Gasteiger partial charge in [0.2, 0.25) is 0 Å². The number of hydrogen-bond acceptors (Lipinski definition) is 3. The van der Waals surface area contributed by atoms with Crippen molar-refractivity contribution in [2.75, 3.05) is 0 Å². The van der Waals surface area contributed by atoms with Crippen molar-refractivity contribution in [3.8, 4) is 17.5 Å². The number of aromatic amines is 1. The van der Waals surface area contributed by atoms with E-state index in [9.17, 15) is 10.4 Å². The standard InChI is InChI=1S/C20H14N4O/c21-13-14(20-22-18-5-1-2-6-19(18)23-20)12-16-4-3-11-24(16)15-7-9-17(25)10-8-15/h1-12,25H,(H,22,23)/b14-12+. The van der Waals surface area contributed by atoms with Gasteiger partial charge < -0.3 is 14.7 Å². The zero-order valence-electron chi connectivity index (χ0n) is 13.2. The summed E-state index contributed by atoms with van der Waals surface area (Å²) in [5.74, 6) is 0.759. The van der Waals surface area contributed by atoms with Crippen LogP contribution in [0.2, 0.25) is 0 Å². The molecule has 0 amide bonds. The van der Waals surface area contributed by atoms with E-state index >= 15 is 0 Å². The van der Waals surface area contributed by atoms with Gasteiger partial charge in [0.15, 0.2) is 0 Å². The fraction of sp³-hybridized carbons (Fsp3) is 0. The van der Waals surface area contributed by atoms with E-state index < -0.39 is 0 Å². The first-order valence-corrected chi connectivity index (χ1v) is 7.78. The van der Waals surface area contributed by atoms with E-state index in [-0.39, 0.29) is 5.75 Å². The lowest BCUT2D eigenvalue weighted by Crippen LogP contribution is -1.95. The third-order valence-corrected chi connectivity index (χ3v) is 3.97. The maximum Gasteiger partial charge on any atom is 0.149 e. The van der Waals surface area contributed by atoms with Crippen LogP contribution in [0.1, 0.15) is 11.5 Å². The molecule has 0 atom stereocenters. The molecule has 0 unspecified atom stereocenters. The minimum atomic E-state index is 0.216. The van der Waals surface area contributed by atoms with Crippen LogP contribution in [0.4, 0.5) is 0 Å². The molecule has 120 valence electrons. The fourth-order valence-corrected chi connectivity index (χ4v) is 2.74. The second-order valence-electron chi connectivity index (χ2n) is 5.59. The average molecular weight is 326 g/mol. The molecule has 2 aromatic carbocycles. The molecule has 4 aromatic rings. The number of phenols is 1. The number of aromatic hydroxyl groups is 1. The molecule has 0 aliphatic heterocycles. The Balaban J connectivity index is 1.78. The number of benzene rings is 2. The lowest BCUT2D eigenvalue weighted by atomic mass is 10.2. The van der Waals surface area contributed by atoms with Gasteiger partial charge in [-0.25, -0.2) is 4.98 Å². The Hall–Kier alpha value is -3.78. The van der Waals surface area contributed by atoms with E-state index in [1.54, 1.807) is 18.2 Å². The zero-order chi connectivity index (χ0) is 17.2. The monoisotopic (exact) mass is 326 g/mol. The SMILES string of the molecule is N#C/C(=C\c1cccn1-c1ccc(O)cc1)c1nc2ccccc2[nH]1. The first-order chi connectivity index (χ1) is 12.2. The van der Waals surface area contributed by atoms with Crippen molar-refractivity contribution in [2.24, 2.45) is 0 Å². The largest absolute Gasteiger partial charge is 0.508 e. The molecular weight excluding hydrogens is 312 g/mol. The summed E-state index contributed by atoms with van der Waals surface area (Å²) in [4.78, 5) is 7.67. The van der Waals surface area contributed by atoms with Gasteiger partial charge in [-0.3, -0.25) is 0 Å². The van der Waals surface area contributed by atoms with Crippen molar-refractivity contribution in [1.29, 1.82) is 5.26 Å². The molecule has 0 aliphatic carbocycles. The van der Waals surface area contributed by atoms with E-state index in [2.05, 4.69) is 16.0 Å². The van der Waals surface area contributed by atoms with Crippen LogP contribution < -0.4 is 0 Å². The molecule has 0 saturated heterocycles. The number of rotatable bonds is 3. The van der Waals surface area contributed by atoms with Crippen molar-refractivity contribution in [3.05, 3.63) is 78.4 Å². The molecule has 0 radical (unpaired) electrons. The summed E-state index contributed by atoms with van der Waals surface area (Å²) in [6.45, 7) is 0. The number of fused-ring (bicyclic) bond motifs is 1. The Labute approximate surface area is 144 Å². The molecule has 0 bridgehead atoms. The normalized spacial score (nSPS) is 11.6. The van der Waals surface area contributed by atoms with Gasteiger partial charge in [0.1, 0.15) is 17.6 Å². The number of imidazole rings is 1. The van der Waals surface area contributed by atoms with E-state index in [0.717, 1.165) is 22.4 Å². The number of nitrogens with zero attached hydrogens (tertiary/aromatic N) is 3. The summed E-state index contributed by atoms with van der Waals surface area (Å²) in [6, 6.07) is 20.6. The quantitative estimate of drug-likeness (QED) is 0.556. The van der Waals surface area contributed by atoms with Gasteiger partial charge in [0.05, 0.1) is 16.6 Å². The summed E-state index contributed by atoms with van der Waals surface area (Å²) in [5.41, 5.74) is 3.92. The van der Waals surface area contributed by atoms with Crippen LogP contribution in [-0.2, 0) is 0 Å². The summed E-state index contributed by atoms with van der Waals surface area (Å²) in [6.07, 6.45) is 3.70. The number of phenolic OH excluding ortho intramolecular Hbond substituents is 1. The third-order valence-electron chi connectivity index (χ3n) is 3.97. The highest BCUT2D eigenvalue weighted by atomic mass is 16.3. The highest BCUT2D eigenvalue weighted by Crippen LogP contribution is 2.22. The maximum absolute atomic E-state index is 9.58. The van der Waals surface area contributed by atoms with Crippen LogP contribution in [0.3, 0.4) is 0 Å². The summed E-state index contributed by atoms with van der Waals surface area (Å²) < 4.78 is 1.94. The van der Waals surface area contributed by atoms with Gasteiger partial charge in [0.25, 0.3) is 0 Å². The number of aromatic nitrogens is 3. The van der Waals surface area contributed by atoms with Crippen molar-refractivity contribution >= 4 is 22.7 Å². The third kappa shape index (κ3) is 2.77. The molecule has 2 aromatic heterocycles. The van der Waals surface area contributed by atoms with Gasteiger partial charge >= 0.3 is 0 Å². The van der Waals surface area contributed by atoms with E-state index in [0.29, 0.717) is 11.4 Å². The molecular formula is C20H14N4O. The number of nitrogens with one attached hydrogen (secondary N) is 1. The van der Waals surface area contributed by atoms with Crippen LogP contribution in [0.5, 0.6) is 5.75 Å². The number of nitriles is 1. The van der Waals surface area contributed by atoms with Gasteiger partial charge in [-0.15, -0.1) is 0 Å². The van der Waals surface area contributed by atoms with E-state index in [1.165, 1.54) is 0 Å². The van der Waals surface area contributed by atoms with Crippen LogP contribution in [0.25, 0.3) is 28.4 Å². The fourth-order valence-electron chi connectivity index (χ4n) is 2.74. The van der Waals surface area contributed by atoms with Gasteiger partial charge in [-0.2, -0.15) is 5.26 Å². The van der Waals surface area contributed by atoms with Crippen molar-refractivity contribution in [2.45, 2.75) is 0 Å². The van der Waals surface area contributed by atoms with Gasteiger partial charge in [0, 0.05) is 17.6 Å². The molecule has 0 fully saturated rings. The minimum absolute atomic E-state index is 0.216. The number of hydrogen-bond donors (Lipinski definition) is 2. The van der Waals surface area contributed by atoms with Crippen LogP contribution >= 0.6 is 0 Å². The summed E-state index contributed by atoms with van der Waals surface area (Å²) >= 11 is 0. The van der Waals surface area contributed by atoms with Crippen molar-refractivity contribution in [3.63, 3.8) is 0 Å². The second-order valence-corrected chi connectivity index (χ2v) is 5.59. The number of allylic oxidation sites excluding steroid dienone is 1. The molecule has 0 saturated carbocycles. The maximum atomic E-state index is 9.58. The Kier molecular flexibility index (Phi) is 3.56. The van der Waals surface area contributed by atoms with Crippen molar-refractivity contribution in [1.82, 2.24) is 14.5 Å². The first kappa shape index (κ1) is 14.8. The number of H-pyrrole nitrogens is 1. The number of para-hydroxylation sites is 2. The molecule has 4 rings (SSSR count). The topological polar surface area (TPSA) is 77.6 Å². The molecule has 2 heterocycles. The van der Waals surface area contributed by atoms with Crippen LogP contribution in [0, 0.1) is 11.3 Å². The smallest absolute Gasteiger partial charge is 0.149 e. The highest BCUT2D eigenvalue weighted by molar-refractivity contribution is 5.90. The minimum Gasteiger partial charge on any atom is -0.508 e. The van der Waals surface area contributed by atoms with Crippen LogP contribution in [-0.4, -0.2) is 19.6 Å². The zero-order valence-corrected chi connectivity index (χ0v) is 13.2. The van der Waals surface area contributed by atoms with Gasteiger partial charge in [-0.1, -0.05) is 12.1 Å². The van der Waals surface area contributed by atoms with Crippen LogP contribution in [0.15, 0.2) is 66.9 Å². The summed E-state index contributed by atoms with van der Waals surface area (Å²) in [5, 5.41) is 19.0. The summed E-state index contributed by atoms with van der Waals surface area (Å²) in [7, 11) is 0. The predicted molar refractivity (Wildman–Crippen MR) is 97.0 cm³/mol. The average Bonchev–Trinajstić information content (AvgIpc) is 3.26. The van der Waals surface area contributed by atoms with E-state index in [1.807, 2.05) is 59.3 Å². The lowest BCUT2D eigenvalue weighted by molar-refractivity contribution is 0.475. The van der Waals surface area contributed by atoms with Gasteiger partial charge in [-0.05, 0) is 54.6 Å². The second kappa shape index (κ2) is 6.02. The Morgan fingerprint density at radius 1 is 1.08 bits per heavy atom.